The Morgan fingerprint density at radius 3 is 2.04 bits per heavy atom. The normalized spacial score (nSPS) is 10.8. The van der Waals surface area contributed by atoms with Gasteiger partial charge in [0.15, 0.2) is 5.82 Å². The van der Waals surface area contributed by atoms with Crippen LogP contribution >= 0.6 is 0 Å². The van der Waals surface area contributed by atoms with Gasteiger partial charge in [0, 0.05) is 24.7 Å². The lowest BCUT2D eigenvalue weighted by Crippen LogP contribution is -2.28. The molecular formula is C22H25N3O. The highest BCUT2D eigenvalue weighted by atomic mass is 16.2. The minimum atomic E-state index is -0.0847. The van der Waals surface area contributed by atoms with Crippen molar-refractivity contribution in [3.63, 3.8) is 0 Å². The smallest absolute Gasteiger partial charge is 0.289 e. The number of imidazole rings is 1. The summed E-state index contributed by atoms with van der Waals surface area (Å²) in [5.74, 6) is 0.297. The van der Waals surface area contributed by atoms with Gasteiger partial charge in [-0.15, -0.1) is 0 Å². The number of H-pyrrole nitrogens is 1. The molecule has 1 amide bonds. The van der Waals surface area contributed by atoms with E-state index in [1.54, 1.807) is 4.90 Å². The van der Waals surface area contributed by atoms with Crippen molar-refractivity contribution in [2.24, 2.45) is 0 Å². The number of hydrogen-bond acceptors (Lipinski definition) is 2. The van der Waals surface area contributed by atoms with Gasteiger partial charge in [0.1, 0.15) is 0 Å². The Morgan fingerprint density at radius 2 is 1.50 bits per heavy atom. The Bertz CT molecular complexity index is 829. The molecule has 2 aromatic carbocycles. The molecule has 0 aliphatic heterocycles. The standard InChI is InChI=1S/C22H25N3O/c1-5-14-25(4)22(26)21-23-19(17-10-6-15(2)7-11-17)20(24-21)18-12-8-16(3)9-13-18/h6-13H,5,14H2,1-4H3,(H,23,24). The van der Waals surface area contributed by atoms with Gasteiger partial charge >= 0.3 is 0 Å². The van der Waals surface area contributed by atoms with Crippen molar-refractivity contribution in [3.05, 3.63) is 65.5 Å². The molecule has 26 heavy (non-hydrogen) atoms. The van der Waals surface area contributed by atoms with Crippen molar-refractivity contribution < 1.29 is 4.79 Å². The molecular weight excluding hydrogens is 322 g/mol. The first-order chi connectivity index (χ1) is 12.5. The number of hydrogen-bond donors (Lipinski definition) is 1. The van der Waals surface area contributed by atoms with Crippen LogP contribution in [0.5, 0.6) is 0 Å². The van der Waals surface area contributed by atoms with Gasteiger partial charge in [-0.1, -0.05) is 66.6 Å². The van der Waals surface area contributed by atoms with Crippen LogP contribution in [0.3, 0.4) is 0 Å². The van der Waals surface area contributed by atoms with Gasteiger partial charge in [-0.2, -0.15) is 0 Å². The van der Waals surface area contributed by atoms with E-state index in [2.05, 4.69) is 67.1 Å². The zero-order valence-electron chi connectivity index (χ0n) is 15.8. The third kappa shape index (κ3) is 3.69. The number of rotatable bonds is 5. The summed E-state index contributed by atoms with van der Waals surface area (Å²) in [5, 5.41) is 0. The maximum Gasteiger partial charge on any atom is 0.289 e. The van der Waals surface area contributed by atoms with Gasteiger partial charge in [0.2, 0.25) is 0 Å². The number of carbonyl (C=O) groups is 1. The van der Waals surface area contributed by atoms with E-state index < -0.39 is 0 Å². The minimum Gasteiger partial charge on any atom is -0.339 e. The first kappa shape index (κ1) is 17.9. The molecule has 134 valence electrons. The molecule has 0 aliphatic rings. The summed E-state index contributed by atoms with van der Waals surface area (Å²) in [6.45, 7) is 6.89. The van der Waals surface area contributed by atoms with Crippen LogP contribution in [0.4, 0.5) is 0 Å². The molecule has 0 bridgehead atoms. The summed E-state index contributed by atoms with van der Waals surface area (Å²) >= 11 is 0. The van der Waals surface area contributed by atoms with Gasteiger partial charge in [0.05, 0.1) is 11.4 Å². The summed E-state index contributed by atoms with van der Waals surface area (Å²) in [4.78, 5) is 22.3. The van der Waals surface area contributed by atoms with Crippen molar-refractivity contribution in [2.75, 3.05) is 13.6 Å². The van der Waals surface area contributed by atoms with Crippen LogP contribution in [0.25, 0.3) is 22.5 Å². The van der Waals surface area contributed by atoms with E-state index in [0.717, 1.165) is 28.9 Å². The lowest BCUT2D eigenvalue weighted by atomic mass is 10.0. The topological polar surface area (TPSA) is 49.0 Å². The average Bonchev–Trinajstić information content (AvgIpc) is 3.08. The SMILES string of the molecule is CCCN(C)C(=O)c1nc(-c2ccc(C)cc2)c(-c2ccc(C)cc2)[nH]1. The fraction of sp³-hybridized carbons (Fsp3) is 0.273. The Balaban J connectivity index is 2.09. The monoisotopic (exact) mass is 347 g/mol. The molecule has 1 aromatic heterocycles. The predicted octanol–water partition coefficient (Wildman–Crippen LogP) is 4.84. The van der Waals surface area contributed by atoms with E-state index in [1.165, 1.54) is 11.1 Å². The first-order valence-electron chi connectivity index (χ1n) is 8.99. The molecule has 0 unspecified atom stereocenters. The van der Waals surface area contributed by atoms with Crippen LogP contribution in [0, 0.1) is 13.8 Å². The Kier molecular flexibility index (Phi) is 5.21. The van der Waals surface area contributed by atoms with Crippen molar-refractivity contribution >= 4 is 5.91 Å². The fourth-order valence-electron chi connectivity index (χ4n) is 2.94. The molecule has 0 atom stereocenters. The van der Waals surface area contributed by atoms with Gasteiger partial charge in [-0.25, -0.2) is 4.98 Å². The molecule has 0 fully saturated rings. The maximum absolute atomic E-state index is 12.7. The van der Waals surface area contributed by atoms with E-state index in [9.17, 15) is 4.79 Å². The average molecular weight is 347 g/mol. The Morgan fingerprint density at radius 1 is 0.962 bits per heavy atom. The van der Waals surface area contributed by atoms with Crippen LogP contribution in [0.1, 0.15) is 35.1 Å². The van der Waals surface area contributed by atoms with E-state index in [0.29, 0.717) is 12.4 Å². The lowest BCUT2D eigenvalue weighted by molar-refractivity contribution is 0.0784. The quantitative estimate of drug-likeness (QED) is 0.718. The highest BCUT2D eigenvalue weighted by Crippen LogP contribution is 2.30. The minimum absolute atomic E-state index is 0.0847. The van der Waals surface area contributed by atoms with Gasteiger partial charge in [0.25, 0.3) is 5.91 Å². The van der Waals surface area contributed by atoms with Gasteiger partial charge in [-0.3, -0.25) is 4.79 Å². The third-order valence-corrected chi connectivity index (χ3v) is 4.48. The summed E-state index contributed by atoms with van der Waals surface area (Å²) in [7, 11) is 1.81. The molecule has 0 spiro atoms. The molecule has 0 radical (unpaired) electrons. The van der Waals surface area contributed by atoms with Crippen LogP contribution in [0.15, 0.2) is 48.5 Å². The van der Waals surface area contributed by atoms with E-state index >= 15 is 0 Å². The first-order valence-corrected chi connectivity index (χ1v) is 8.99. The van der Waals surface area contributed by atoms with Crippen LogP contribution in [-0.4, -0.2) is 34.4 Å². The third-order valence-electron chi connectivity index (χ3n) is 4.48. The predicted molar refractivity (Wildman–Crippen MR) is 106 cm³/mol. The molecule has 3 rings (SSSR count). The molecule has 1 heterocycles. The van der Waals surface area contributed by atoms with E-state index in [4.69, 9.17) is 0 Å². The van der Waals surface area contributed by atoms with Gasteiger partial charge in [-0.05, 0) is 20.3 Å². The number of nitrogens with one attached hydrogen (secondary N) is 1. The van der Waals surface area contributed by atoms with Crippen LogP contribution in [0.2, 0.25) is 0 Å². The Hall–Kier alpha value is -2.88. The molecule has 0 saturated carbocycles. The second-order valence-electron chi connectivity index (χ2n) is 6.77. The molecule has 0 saturated heterocycles. The fourth-order valence-corrected chi connectivity index (χ4v) is 2.94. The van der Waals surface area contributed by atoms with Crippen molar-refractivity contribution in [3.8, 4) is 22.5 Å². The number of carbonyl (C=O) groups excluding carboxylic acids is 1. The van der Waals surface area contributed by atoms with Crippen molar-refractivity contribution in [1.29, 1.82) is 0 Å². The molecule has 1 N–H and O–H groups in total. The molecule has 0 aliphatic carbocycles. The number of aryl methyl sites for hydroxylation is 2. The molecule has 4 heteroatoms. The van der Waals surface area contributed by atoms with Gasteiger partial charge < -0.3 is 9.88 Å². The zero-order valence-corrected chi connectivity index (χ0v) is 15.8. The van der Waals surface area contributed by atoms with Crippen molar-refractivity contribution in [1.82, 2.24) is 14.9 Å². The molecule has 3 aromatic rings. The number of amides is 1. The number of aromatic nitrogens is 2. The summed E-state index contributed by atoms with van der Waals surface area (Å²) < 4.78 is 0. The number of nitrogens with zero attached hydrogens (tertiary/aromatic N) is 2. The molecule has 4 nitrogen and oxygen atoms in total. The second kappa shape index (κ2) is 7.56. The van der Waals surface area contributed by atoms with E-state index in [1.807, 2.05) is 19.2 Å². The highest BCUT2D eigenvalue weighted by molar-refractivity contribution is 5.93. The van der Waals surface area contributed by atoms with Crippen LogP contribution < -0.4 is 0 Å². The summed E-state index contributed by atoms with van der Waals surface area (Å²) in [5.41, 5.74) is 6.10. The maximum atomic E-state index is 12.7. The highest BCUT2D eigenvalue weighted by Gasteiger charge is 2.20. The van der Waals surface area contributed by atoms with Crippen LogP contribution in [-0.2, 0) is 0 Å². The summed E-state index contributed by atoms with van der Waals surface area (Å²) in [6.07, 6.45) is 0.915. The van der Waals surface area contributed by atoms with Crippen molar-refractivity contribution in [2.45, 2.75) is 27.2 Å². The van der Waals surface area contributed by atoms with E-state index in [-0.39, 0.29) is 5.91 Å². The Labute approximate surface area is 154 Å². The number of benzene rings is 2. The lowest BCUT2D eigenvalue weighted by Gasteiger charge is -2.13. The summed E-state index contributed by atoms with van der Waals surface area (Å²) in [6, 6.07) is 16.5. The zero-order chi connectivity index (χ0) is 18.7. The second-order valence-corrected chi connectivity index (χ2v) is 6.77. The largest absolute Gasteiger partial charge is 0.339 e. The number of aromatic amines is 1.